The lowest BCUT2D eigenvalue weighted by Crippen LogP contribution is -2.39. The van der Waals surface area contributed by atoms with E-state index in [9.17, 15) is 9.59 Å². The molecule has 0 spiro atoms. The van der Waals surface area contributed by atoms with Crippen molar-refractivity contribution < 1.29 is 14.3 Å². The molecular formula is C14H24N4O3. The van der Waals surface area contributed by atoms with Gasteiger partial charge in [0.05, 0.1) is 6.61 Å². The van der Waals surface area contributed by atoms with Gasteiger partial charge in [0.1, 0.15) is 12.4 Å². The number of esters is 1. The molecule has 0 aliphatic rings. The second kappa shape index (κ2) is 8.39. The molecule has 1 N–H and O–H groups in total. The molecule has 0 bridgehead atoms. The fourth-order valence-electron chi connectivity index (χ4n) is 1.90. The molecule has 0 fully saturated rings. The van der Waals surface area contributed by atoms with Crippen LogP contribution in [0, 0.1) is 5.92 Å². The molecule has 0 atom stereocenters. The van der Waals surface area contributed by atoms with Gasteiger partial charge in [0.25, 0.3) is 5.91 Å². The van der Waals surface area contributed by atoms with E-state index in [-0.39, 0.29) is 24.2 Å². The van der Waals surface area contributed by atoms with Crippen LogP contribution in [0.15, 0.2) is 0 Å². The number of aromatic amines is 1. The van der Waals surface area contributed by atoms with E-state index in [1.54, 1.807) is 6.92 Å². The number of nitrogens with zero attached hydrogens (tertiary/aromatic N) is 3. The minimum Gasteiger partial charge on any atom is -0.465 e. The van der Waals surface area contributed by atoms with Crippen LogP contribution in [0.1, 0.15) is 50.6 Å². The Morgan fingerprint density at radius 1 is 1.33 bits per heavy atom. The molecule has 1 amide bonds. The molecule has 0 aliphatic heterocycles. The van der Waals surface area contributed by atoms with Crippen LogP contribution < -0.4 is 0 Å². The van der Waals surface area contributed by atoms with Crippen molar-refractivity contribution in [2.24, 2.45) is 5.92 Å². The van der Waals surface area contributed by atoms with Gasteiger partial charge in [-0.15, -0.1) is 5.10 Å². The predicted molar refractivity (Wildman–Crippen MR) is 77.8 cm³/mol. The van der Waals surface area contributed by atoms with Crippen LogP contribution >= 0.6 is 0 Å². The lowest BCUT2D eigenvalue weighted by Gasteiger charge is -2.22. The molecule has 1 aromatic rings. The van der Waals surface area contributed by atoms with E-state index in [0.29, 0.717) is 19.0 Å². The van der Waals surface area contributed by atoms with Crippen LogP contribution in [0.3, 0.4) is 0 Å². The smallest absolute Gasteiger partial charge is 0.325 e. The van der Waals surface area contributed by atoms with Crippen molar-refractivity contribution >= 4 is 11.9 Å². The van der Waals surface area contributed by atoms with E-state index in [1.807, 2.05) is 20.8 Å². The Bertz CT molecular complexity index is 471. The normalized spacial score (nSPS) is 10.7. The number of aryl methyl sites for hydroxylation is 1. The molecule has 0 radical (unpaired) electrons. The van der Waals surface area contributed by atoms with Gasteiger partial charge in [-0.1, -0.05) is 20.8 Å². The Labute approximate surface area is 125 Å². The first kappa shape index (κ1) is 17.1. The summed E-state index contributed by atoms with van der Waals surface area (Å²) in [6.07, 6.45) is 1.66. The number of carbonyl (C=O) groups excluding carboxylic acids is 2. The number of aromatic nitrogens is 3. The highest BCUT2D eigenvalue weighted by atomic mass is 16.5. The van der Waals surface area contributed by atoms with Crippen molar-refractivity contribution in [3.63, 3.8) is 0 Å². The lowest BCUT2D eigenvalue weighted by molar-refractivity contribution is -0.143. The maximum absolute atomic E-state index is 12.4. The standard InChI is InChI=1S/C14H24N4O3/c1-5-7-11-15-13(17-16-11)14(20)18(8-10(3)4)9-12(19)21-6-2/h10H,5-9H2,1-4H3,(H,15,16,17). The molecule has 0 saturated carbocycles. The number of ether oxygens (including phenoxy) is 1. The van der Waals surface area contributed by atoms with E-state index in [0.717, 1.165) is 12.8 Å². The highest BCUT2D eigenvalue weighted by molar-refractivity contribution is 5.92. The average molecular weight is 296 g/mol. The SMILES string of the molecule is CCCc1nc(C(=O)N(CC(=O)OCC)CC(C)C)n[nH]1. The van der Waals surface area contributed by atoms with E-state index in [2.05, 4.69) is 15.2 Å². The van der Waals surface area contributed by atoms with Gasteiger partial charge in [-0.2, -0.15) is 0 Å². The van der Waals surface area contributed by atoms with Crippen molar-refractivity contribution in [1.29, 1.82) is 0 Å². The molecule has 1 heterocycles. The highest BCUT2D eigenvalue weighted by Crippen LogP contribution is 2.06. The van der Waals surface area contributed by atoms with Crippen LogP contribution in [0.5, 0.6) is 0 Å². The summed E-state index contributed by atoms with van der Waals surface area (Å²) in [6, 6.07) is 0. The Kier molecular flexibility index (Phi) is 6.84. The van der Waals surface area contributed by atoms with Crippen molar-refractivity contribution in [3.05, 3.63) is 11.6 Å². The van der Waals surface area contributed by atoms with Crippen molar-refractivity contribution in [2.75, 3.05) is 19.7 Å². The van der Waals surface area contributed by atoms with Crippen LogP contribution in [-0.4, -0.2) is 51.7 Å². The van der Waals surface area contributed by atoms with Crippen molar-refractivity contribution in [1.82, 2.24) is 20.1 Å². The van der Waals surface area contributed by atoms with Crippen LogP contribution in [-0.2, 0) is 16.0 Å². The molecule has 21 heavy (non-hydrogen) atoms. The zero-order chi connectivity index (χ0) is 15.8. The molecule has 1 aromatic heterocycles. The quantitative estimate of drug-likeness (QED) is 0.733. The summed E-state index contributed by atoms with van der Waals surface area (Å²) in [5, 5.41) is 6.69. The number of rotatable bonds is 8. The van der Waals surface area contributed by atoms with E-state index < -0.39 is 5.97 Å². The summed E-state index contributed by atoms with van der Waals surface area (Å²) in [5.41, 5.74) is 0. The van der Waals surface area contributed by atoms with Gasteiger partial charge in [-0.3, -0.25) is 14.7 Å². The fourth-order valence-corrected chi connectivity index (χ4v) is 1.90. The average Bonchev–Trinajstić information content (AvgIpc) is 2.86. The second-order valence-electron chi connectivity index (χ2n) is 5.24. The summed E-state index contributed by atoms with van der Waals surface area (Å²) >= 11 is 0. The third-order valence-corrected chi connectivity index (χ3v) is 2.71. The molecule has 0 aromatic carbocycles. The summed E-state index contributed by atoms with van der Waals surface area (Å²) < 4.78 is 4.90. The summed E-state index contributed by atoms with van der Waals surface area (Å²) in [4.78, 5) is 29.6. The molecule has 1 rings (SSSR count). The topological polar surface area (TPSA) is 88.2 Å². The first-order chi connectivity index (χ1) is 9.97. The van der Waals surface area contributed by atoms with Crippen LogP contribution in [0.25, 0.3) is 0 Å². The first-order valence-electron chi connectivity index (χ1n) is 7.34. The number of H-pyrrole nitrogens is 1. The zero-order valence-corrected chi connectivity index (χ0v) is 13.2. The van der Waals surface area contributed by atoms with Crippen LogP contribution in [0.2, 0.25) is 0 Å². The second-order valence-corrected chi connectivity index (χ2v) is 5.24. The third-order valence-electron chi connectivity index (χ3n) is 2.71. The van der Waals surface area contributed by atoms with Gasteiger partial charge in [0, 0.05) is 13.0 Å². The van der Waals surface area contributed by atoms with E-state index >= 15 is 0 Å². The maximum Gasteiger partial charge on any atom is 0.325 e. The van der Waals surface area contributed by atoms with E-state index in [1.165, 1.54) is 4.90 Å². The number of hydrogen-bond donors (Lipinski definition) is 1. The number of amides is 1. The van der Waals surface area contributed by atoms with Gasteiger partial charge < -0.3 is 9.64 Å². The maximum atomic E-state index is 12.4. The molecular weight excluding hydrogens is 272 g/mol. The first-order valence-corrected chi connectivity index (χ1v) is 7.34. The van der Waals surface area contributed by atoms with Crippen molar-refractivity contribution in [2.45, 2.75) is 40.5 Å². The lowest BCUT2D eigenvalue weighted by atomic mass is 10.2. The largest absolute Gasteiger partial charge is 0.465 e. The molecule has 7 nitrogen and oxygen atoms in total. The van der Waals surface area contributed by atoms with Gasteiger partial charge in [0.15, 0.2) is 0 Å². The minimum atomic E-state index is -0.421. The van der Waals surface area contributed by atoms with Crippen molar-refractivity contribution in [3.8, 4) is 0 Å². The molecule has 118 valence electrons. The zero-order valence-electron chi connectivity index (χ0n) is 13.2. The third kappa shape index (κ3) is 5.53. The van der Waals surface area contributed by atoms with Crippen LogP contribution in [0.4, 0.5) is 0 Å². The Hall–Kier alpha value is -1.92. The van der Waals surface area contributed by atoms with Gasteiger partial charge in [0.2, 0.25) is 5.82 Å². The number of hydrogen-bond acceptors (Lipinski definition) is 5. The molecule has 0 saturated heterocycles. The Morgan fingerprint density at radius 3 is 2.62 bits per heavy atom. The number of nitrogens with one attached hydrogen (secondary N) is 1. The highest BCUT2D eigenvalue weighted by Gasteiger charge is 2.23. The van der Waals surface area contributed by atoms with Gasteiger partial charge in [-0.05, 0) is 19.3 Å². The molecule has 7 heteroatoms. The van der Waals surface area contributed by atoms with E-state index in [4.69, 9.17) is 4.74 Å². The summed E-state index contributed by atoms with van der Waals surface area (Å²) in [7, 11) is 0. The van der Waals surface area contributed by atoms with Gasteiger partial charge >= 0.3 is 5.97 Å². The number of carbonyl (C=O) groups is 2. The molecule has 0 aliphatic carbocycles. The van der Waals surface area contributed by atoms with Gasteiger partial charge in [-0.25, -0.2) is 4.98 Å². The fraction of sp³-hybridized carbons (Fsp3) is 0.714. The predicted octanol–water partition coefficient (Wildman–Crippen LogP) is 1.42. The Balaban J connectivity index is 2.80. The minimum absolute atomic E-state index is 0.0808. The summed E-state index contributed by atoms with van der Waals surface area (Å²) in [6.45, 7) is 8.38. The molecule has 0 unspecified atom stereocenters. The Morgan fingerprint density at radius 2 is 2.05 bits per heavy atom. The monoisotopic (exact) mass is 296 g/mol. The summed E-state index contributed by atoms with van der Waals surface area (Å²) in [5.74, 6) is 0.244.